The number of alkyl halides is 2. The molecule has 0 aromatic heterocycles. The van der Waals surface area contributed by atoms with Gasteiger partial charge in [0.1, 0.15) is 4.90 Å². The average Bonchev–Trinajstić information content (AvgIpc) is 3.06. The van der Waals surface area contributed by atoms with E-state index in [9.17, 15) is 21.6 Å². The summed E-state index contributed by atoms with van der Waals surface area (Å²) in [7, 11) is -4.38. The monoisotopic (exact) mass is 377 g/mol. The molecule has 0 spiro atoms. The lowest BCUT2D eigenvalue weighted by Crippen LogP contribution is -2.42. The summed E-state index contributed by atoms with van der Waals surface area (Å²) < 4.78 is 65.1. The molecule has 0 bridgehead atoms. The molecular weight excluding hydrogens is 371 g/mol. The lowest BCUT2D eigenvalue weighted by atomic mass is 10.3. The fraction of sp³-hybridized carbons (Fsp3) is 0.400. The van der Waals surface area contributed by atoms with Gasteiger partial charge in [0.15, 0.2) is 5.82 Å². The van der Waals surface area contributed by atoms with Gasteiger partial charge in [-0.15, -0.1) is 0 Å². The first kappa shape index (κ1) is 15.1. The number of nitrogens with one attached hydrogen (secondary N) is 1. The van der Waals surface area contributed by atoms with Crippen LogP contribution in [0.3, 0.4) is 0 Å². The van der Waals surface area contributed by atoms with Crippen LogP contribution in [0.2, 0.25) is 5.02 Å². The maximum absolute atomic E-state index is 13.8. The van der Waals surface area contributed by atoms with Gasteiger partial charge in [-0.25, -0.2) is 21.6 Å². The first-order valence-electron chi connectivity index (χ1n) is 5.15. The standard InChI is InChI=1S/C10H8BrClF3NO2S/c11-5-1-2-6(8(13)7(5)12)19(17,18)16-10(3-4-10)9(14)15/h1-2,9,16H,3-4H2. The van der Waals surface area contributed by atoms with E-state index in [1.165, 1.54) is 6.07 Å². The molecular formula is C10H8BrClF3NO2S. The normalized spacial score (nSPS) is 17.8. The molecule has 1 fully saturated rings. The summed E-state index contributed by atoms with van der Waals surface area (Å²) in [4.78, 5) is -0.743. The molecule has 0 atom stereocenters. The molecule has 1 aliphatic carbocycles. The molecule has 106 valence electrons. The zero-order valence-electron chi connectivity index (χ0n) is 9.26. The number of hydrogen-bond donors (Lipinski definition) is 1. The molecule has 1 aliphatic rings. The van der Waals surface area contributed by atoms with Gasteiger partial charge < -0.3 is 0 Å². The SMILES string of the molecule is O=S(=O)(NC1(C(F)F)CC1)c1ccc(Br)c(Cl)c1F. The van der Waals surface area contributed by atoms with Crippen molar-refractivity contribution >= 4 is 37.6 Å². The maximum Gasteiger partial charge on any atom is 0.257 e. The molecule has 0 heterocycles. The van der Waals surface area contributed by atoms with E-state index in [1.807, 2.05) is 4.72 Å². The summed E-state index contributed by atoms with van der Waals surface area (Å²) in [5.74, 6) is -1.17. The van der Waals surface area contributed by atoms with Gasteiger partial charge in [-0.1, -0.05) is 11.6 Å². The zero-order valence-corrected chi connectivity index (χ0v) is 12.4. The van der Waals surface area contributed by atoms with Crippen molar-refractivity contribution in [3.63, 3.8) is 0 Å². The third-order valence-corrected chi connectivity index (χ3v) is 5.66. The fourth-order valence-corrected chi connectivity index (χ4v) is 3.59. The number of rotatable bonds is 4. The van der Waals surface area contributed by atoms with Crippen LogP contribution in [0.25, 0.3) is 0 Å². The Hall–Kier alpha value is -0.310. The Kier molecular flexibility index (Phi) is 3.90. The van der Waals surface area contributed by atoms with Gasteiger partial charge in [-0.2, -0.15) is 4.72 Å². The number of halogens is 5. The van der Waals surface area contributed by atoms with Crippen molar-refractivity contribution in [3.05, 3.63) is 27.4 Å². The van der Waals surface area contributed by atoms with Crippen LogP contribution >= 0.6 is 27.5 Å². The van der Waals surface area contributed by atoms with Gasteiger partial charge in [-0.05, 0) is 40.9 Å². The van der Waals surface area contributed by atoms with E-state index >= 15 is 0 Å². The van der Waals surface area contributed by atoms with Crippen LogP contribution in [0.5, 0.6) is 0 Å². The molecule has 3 nitrogen and oxygen atoms in total. The second-order valence-corrected chi connectivity index (χ2v) is 7.12. The van der Waals surface area contributed by atoms with E-state index in [0.717, 1.165) is 6.07 Å². The minimum absolute atomic E-state index is 0.0236. The summed E-state index contributed by atoms with van der Waals surface area (Å²) >= 11 is 8.51. The Morgan fingerprint density at radius 2 is 1.95 bits per heavy atom. The third kappa shape index (κ3) is 2.76. The molecule has 19 heavy (non-hydrogen) atoms. The molecule has 1 N–H and O–H groups in total. The maximum atomic E-state index is 13.8. The van der Waals surface area contributed by atoms with Gasteiger partial charge >= 0.3 is 0 Å². The molecule has 0 unspecified atom stereocenters. The Balaban J connectivity index is 2.39. The first-order valence-corrected chi connectivity index (χ1v) is 7.81. The van der Waals surface area contributed by atoms with E-state index in [1.54, 1.807) is 0 Å². The zero-order chi connectivity index (χ0) is 14.4. The van der Waals surface area contributed by atoms with Crippen LogP contribution in [0.1, 0.15) is 12.8 Å². The van der Waals surface area contributed by atoms with Crippen molar-refractivity contribution in [2.75, 3.05) is 0 Å². The molecule has 0 aliphatic heterocycles. The van der Waals surface area contributed by atoms with Crippen molar-refractivity contribution in [3.8, 4) is 0 Å². The van der Waals surface area contributed by atoms with Crippen LogP contribution in [0.15, 0.2) is 21.5 Å². The summed E-state index contributed by atoms with van der Waals surface area (Å²) in [6.07, 6.45) is -2.79. The number of hydrogen-bond acceptors (Lipinski definition) is 2. The Bertz CT molecular complexity index is 619. The molecule has 1 aromatic rings. The lowest BCUT2D eigenvalue weighted by molar-refractivity contribution is 0.0970. The molecule has 1 saturated carbocycles. The minimum atomic E-state index is -4.38. The highest BCUT2D eigenvalue weighted by atomic mass is 79.9. The highest BCUT2D eigenvalue weighted by molar-refractivity contribution is 9.10. The molecule has 0 saturated heterocycles. The van der Waals surface area contributed by atoms with E-state index in [0.29, 0.717) is 0 Å². The molecule has 1 aromatic carbocycles. The van der Waals surface area contributed by atoms with Crippen LogP contribution < -0.4 is 4.72 Å². The second-order valence-electron chi connectivity index (χ2n) is 4.24. The summed E-state index contributed by atoms with van der Waals surface area (Å²) in [5, 5.41) is -0.412. The van der Waals surface area contributed by atoms with Crippen molar-refractivity contribution in [1.29, 1.82) is 0 Å². The van der Waals surface area contributed by atoms with E-state index in [2.05, 4.69) is 15.9 Å². The minimum Gasteiger partial charge on any atom is -0.208 e. The van der Waals surface area contributed by atoms with Crippen LogP contribution in [-0.4, -0.2) is 20.4 Å². The van der Waals surface area contributed by atoms with Gasteiger partial charge in [0.25, 0.3) is 6.43 Å². The molecule has 2 rings (SSSR count). The molecule has 9 heteroatoms. The Labute approximate surface area is 121 Å². The van der Waals surface area contributed by atoms with Gasteiger partial charge in [0.05, 0.1) is 10.6 Å². The third-order valence-electron chi connectivity index (χ3n) is 2.83. The fourth-order valence-electron chi connectivity index (χ4n) is 1.54. The van der Waals surface area contributed by atoms with Crippen LogP contribution in [-0.2, 0) is 10.0 Å². The molecule has 0 radical (unpaired) electrons. The Morgan fingerprint density at radius 1 is 1.37 bits per heavy atom. The van der Waals surface area contributed by atoms with Crippen molar-refractivity contribution in [1.82, 2.24) is 4.72 Å². The largest absolute Gasteiger partial charge is 0.257 e. The first-order chi connectivity index (χ1) is 8.69. The van der Waals surface area contributed by atoms with E-state index in [-0.39, 0.29) is 17.3 Å². The van der Waals surface area contributed by atoms with Crippen LogP contribution in [0.4, 0.5) is 13.2 Å². The van der Waals surface area contributed by atoms with Crippen molar-refractivity contribution in [2.45, 2.75) is 29.7 Å². The topological polar surface area (TPSA) is 46.2 Å². The second kappa shape index (κ2) is 4.91. The summed E-state index contributed by atoms with van der Waals surface area (Å²) in [5.41, 5.74) is -1.77. The van der Waals surface area contributed by atoms with Gasteiger partial charge in [0, 0.05) is 4.47 Å². The van der Waals surface area contributed by atoms with Gasteiger partial charge in [-0.3, -0.25) is 0 Å². The highest BCUT2D eigenvalue weighted by Crippen LogP contribution is 2.42. The lowest BCUT2D eigenvalue weighted by Gasteiger charge is -2.17. The van der Waals surface area contributed by atoms with E-state index < -0.39 is 37.7 Å². The predicted molar refractivity (Wildman–Crippen MR) is 67.4 cm³/mol. The number of benzene rings is 1. The quantitative estimate of drug-likeness (QED) is 0.817. The highest BCUT2D eigenvalue weighted by Gasteiger charge is 2.54. The smallest absolute Gasteiger partial charge is 0.208 e. The summed E-state index contributed by atoms with van der Waals surface area (Å²) in [6, 6.07) is 2.21. The van der Waals surface area contributed by atoms with Crippen LogP contribution in [0, 0.1) is 5.82 Å². The molecule has 0 amide bonds. The summed E-state index contributed by atoms with van der Waals surface area (Å²) in [6.45, 7) is 0. The Morgan fingerprint density at radius 3 is 2.42 bits per heavy atom. The van der Waals surface area contributed by atoms with Gasteiger partial charge in [0.2, 0.25) is 10.0 Å². The average molecular weight is 379 g/mol. The predicted octanol–water partition coefficient (Wildman–Crippen LogP) is 3.32. The van der Waals surface area contributed by atoms with Crippen molar-refractivity contribution < 1.29 is 21.6 Å². The van der Waals surface area contributed by atoms with E-state index in [4.69, 9.17) is 11.6 Å². The van der Waals surface area contributed by atoms with Crippen molar-refractivity contribution in [2.24, 2.45) is 0 Å². The number of sulfonamides is 1.